The van der Waals surface area contributed by atoms with Crippen LogP contribution in [0.2, 0.25) is 0 Å². The molecular formula is C20H33O5-. The van der Waals surface area contributed by atoms with Crippen molar-refractivity contribution in [1.82, 2.24) is 0 Å². The molecule has 3 N–H and O–H groups in total. The monoisotopic (exact) mass is 353 g/mol. The average Bonchev–Trinajstić information content (AvgIpc) is 2.82. The van der Waals surface area contributed by atoms with Gasteiger partial charge in [-0.15, -0.1) is 0 Å². The van der Waals surface area contributed by atoms with E-state index in [0.717, 1.165) is 25.7 Å². The van der Waals surface area contributed by atoms with Gasteiger partial charge in [0.2, 0.25) is 0 Å². The fourth-order valence-corrected chi connectivity index (χ4v) is 3.40. The van der Waals surface area contributed by atoms with Crippen LogP contribution in [0, 0.1) is 11.8 Å². The zero-order valence-electron chi connectivity index (χ0n) is 15.2. The van der Waals surface area contributed by atoms with Gasteiger partial charge in [0.25, 0.3) is 0 Å². The number of allylic oxidation sites excluding steroid dienone is 2. The molecule has 5 nitrogen and oxygen atoms in total. The molecule has 0 aromatic rings. The molecular weight excluding hydrogens is 320 g/mol. The van der Waals surface area contributed by atoms with Crippen molar-refractivity contribution in [3.05, 3.63) is 24.3 Å². The quantitative estimate of drug-likeness (QED) is 0.366. The van der Waals surface area contributed by atoms with Crippen LogP contribution in [-0.2, 0) is 4.79 Å². The summed E-state index contributed by atoms with van der Waals surface area (Å²) in [6, 6.07) is 0. The first-order chi connectivity index (χ1) is 12.0. The lowest BCUT2D eigenvalue weighted by Gasteiger charge is -2.19. The summed E-state index contributed by atoms with van der Waals surface area (Å²) in [4.78, 5) is 10.3. The molecule has 0 spiro atoms. The third-order valence-electron chi connectivity index (χ3n) is 4.90. The Morgan fingerprint density at radius 2 is 1.96 bits per heavy atom. The van der Waals surface area contributed by atoms with Crippen LogP contribution in [-0.4, -0.2) is 39.6 Å². The summed E-state index contributed by atoms with van der Waals surface area (Å²) >= 11 is 0. The van der Waals surface area contributed by atoms with Crippen molar-refractivity contribution in [2.45, 2.75) is 83.0 Å². The van der Waals surface area contributed by atoms with E-state index in [1.165, 1.54) is 0 Å². The summed E-state index contributed by atoms with van der Waals surface area (Å²) in [5.74, 6) is -1.28. The number of hydrogen-bond donors (Lipinski definition) is 3. The number of carboxylic acids is 1. The minimum absolute atomic E-state index is 0.0520. The molecule has 0 amide bonds. The highest BCUT2D eigenvalue weighted by Gasteiger charge is 2.39. The van der Waals surface area contributed by atoms with E-state index >= 15 is 0 Å². The fourth-order valence-electron chi connectivity index (χ4n) is 3.40. The molecule has 144 valence electrons. The van der Waals surface area contributed by atoms with E-state index < -0.39 is 24.3 Å². The predicted molar refractivity (Wildman–Crippen MR) is 95.5 cm³/mol. The molecule has 0 saturated heterocycles. The molecule has 1 aliphatic carbocycles. The molecule has 1 saturated carbocycles. The van der Waals surface area contributed by atoms with Gasteiger partial charge < -0.3 is 25.2 Å². The number of unbranched alkanes of at least 4 members (excludes halogenated alkanes) is 3. The van der Waals surface area contributed by atoms with Gasteiger partial charge in [-0.05, 0) is 38.0 Å². The summed E-state index contributed by atoms with van der Waals surface area (Å²) in [5.41, 5.74) is 0. The number of hydrogen-bond acceptors (Lipinski definition) is 5. The van der Waals surface area contributed by atoms with Crippen molar-refractivity contribution in [1.29, 1.82) is 0 Å². The van der Waals surface area contributed by atoms with Crippen LogP contribution in [0.25, 0.3) is 0 Å². The van der Waals surface area contributed by atoms with Crippen molar-refractivity contribution in [2.75, 3.05) is 0 Å². The van der Waals surface area contributed by atoms with E-state index in [2.05, 4.69) is 6.92 Å². The van der Waals surface area contributed by atoms with E-state index in [0.29, 0.717) is 25.7 Å². The molecule has 0 radical (unpaired) electrons. The normalized spacial score (nSPS) is 28.2. The van der Waals surface area contributed by atoms with Crippen molar-refractivity contribution in [3.63, 3.8) is 0 Å². The minimum Gasteiger partial charge on any atom is -0.550 e. The number of aliphatic hydroxyl groups excluding tert-OH is 3. The highest BCUT2D eigenvalue weighted by atomic mass is 16.4. The number of rotatable bonds is 12. The molecule has 25 heavy (non-hydrogen) atoms. The van der Waals surface area contributed by atoms with E-state index in [1.807, 2.05) is 18.2 Å². The van der Waals surface area contributed by atoms with Crippen molar-refractivity contribution in [3.8, 4) is 0 Å². The van der Waals surface area contributed by atoms with E-state index in [4.69, 9.17) is 0 Å². The molecule has 5 heteroatoms. The Labute approximate surface area is 151 Å². The largest absolute Gasteiger partial charge is 0.550 e. The molecule has 1 rings (SSSR count). The molecule has 0 aliphatic heterocycles. The van der Waals surface area contributed by atoms with Gasteiger partial charge in [0, 0.05) is 18.3 Å². The van der Waals surface area contributed by atoms with Crippen LogP contribution in [0.1, 0.15) is 64.7 Å². The lowest BCUT2D eigenvalue weighted by Crippen LogP contribution is -2.21. The van der Waals surface area contributed by atoms with Crippen LogP contribution in [0.15, 0.2) is 24.3 Å². The Bertz CT molecular complexity index is 432. The van der Waals surface area contributed by atoms with Gasteiger partial charge >= 0.3 is 0 Å². The summed E-state index contributed by atoms with van der Waals surface area (Å²) < 4.78 is 0. The first kappa shape index (κ1) is 21.9. The first-order valence-electron chi connectivity index (χ1n) is 9.53. The lowest BCUT2D eigenvalue weighted by molar-refractivity contribution is -0.305. The van der Waals surface area contributed by atoms with Gasteiger partial charge in [0.05, 0.1) is 18.3 Å². The fraction of sp³-hybridized carbons (Fsp3) is 0.750. The van der Waals surface area contributed by atoms with Crippen molar-refractivity contribution >= 4 is 5.97 Å². The average molecular weight is 353 g/mol. The highest BCUT2D eigenvalue weighted by molar-refractivity contribution is 5.64. The molecule has 0 unspecified atom stereocenters. The zero-order valence-corrected chi connectivity index (χ0v) is 15.2. The molecule has 0 aromatic heterocycles. The van der Waals surface area contributed by atoms with Crippen molar-refractivity contribution in [2.24, 2.45) is 11.8 Å². The Hall–Kier alpha value is -1.17. The number of carboxylic acid groups (broad SMARTS) is 1. The lowest BCUT2D eigenvalue weighted by atomic mass is 9.89. The summed E-state index contributed by atoms with van der Waals surface area (Å²) in [7, 11) is 0. The Morgan fingerprint density at radius 1 is 1.20 bits per heavy atom. The molecule has 0 heterocycles. The molecule has 0 bridgehead atoms. The number of carbonyl (C=O) groups is 1. The standard InChI is InChI=1S/C20H34O5/c1-2-3-6-9-15(21)12-13-17-16(18(22)14-19(17)23)10-7-4-5-8-11-20(24)25/h4,7,12-13,15-19,21-23H,2-3,5-6,8-11,14H2,1H3,(H,24,25)/p-1/b7-4-,13-12+/t15-,16-,17+,18-,19+/m0/s1. The van der Waals surface area contributed by atoms with Gasteiger partial charge in [-0.1, -0.05) is 50.5 Å². The second kappa shape index (κ2) is 12.2. The van der Waals surface area contributed by atoms with Crippen LogP contribution in [0.3, 0.4) is 0 Å². The predicted octanol–water partition coefficient (Wildman–Crippen LogP) is 1.71. The maximum absolute atomic E-state index is 10.3. The smallest absolute Gasteiger partial charge is 0.0721 e. The minimum atomic E-state index is -1.04. The van der Waals surface area contributed by atoms with Gasteiger partial charge in [-0.2, -0.15) is 0 Å². The van der Waals surface area contributed by atoms with E-state index in [9.17, 15) is 25.2 Å². The van der Waals surface area contributed by atoms with Crippen LogP contribution in [0.5, 0.6) is 0 Å². The second-order valence-corrected chi connectivity index (χ2v) is 7.03. The van der Waals surface area contributed by atoms with Gasteiger partial charge in [-0.25, -0.2) is 0 Å². The summed E-state index contributed by atoms with van der Waals surface area (Å²) in [5, 5.41) is 40.7. The topological polar surface area (TPSA) is 101 Å². The molecule has 0 aromatic carbocycles. The maximum atomic E-state index is 10.3. The van der Waals surface area contributed by atoms with Gasteiger partial charge in [0.1, 0.15) is 0 Å². The Morgan fingerprint density at radius 3 is 2.64 bits per heavy atom. The summed E-state index contributed by atoms with van der Waals surface area (Å²) in [6.07, 6.45) is 12.0. The zero-order chi connectivity index (χ0) is 18.7. The molecule has 1 fully saturated rings. The number of carbonyl (C=O) groups excluding carboxylic acids is 1. The molecule has 5 atom stereocenters. The molecule has 1 aliphatic rings. The van der Waals surface area contributed by atoms with Gasteiger partial charge in [0.15, 0.2) is 0 Å². The van der Waals surface area contributed by atoms with Crippen LogP contribution in [0.4, 0.5) is 0 Å². The Kier molecular flexibility index (Phi) is 10.7. The second-order valence-electron chi connectivity index (χ2n) is 7.03. The van der Waals surface area contributed by atoms with E-state index in [1.54, 1.807) is 6.08 Å². The third kappa shape index (κ3) is 8.66. The summed E-state index contributed by atoms with van der Waals surface area (Å²) in [6.45, 7) is 2.12. The van der Waals surface area contributed by atoms with Crippen LogP contribution < -0.4 is 5.11 Å². The highest BCUT2D eigenvalue weighted by Crippen LogP contribution is 2.36. The number of aliphatic hydroxyl groups is 3. The van der Waals surface area contributed by atoms with Crippen LogP contribution >= 0.6 is 0 Å². The Balaban J connectivity index is 2.46. The van der Waals surface area contributed by atoms with Gasteiger partial charge in [-0.3, -0.25) is 0 Å². The van der Waals surface area contributed by atoms with E-state index in [-0.39, 0.29) is 18.3 Å². The SMILES string of the molecule is CCCCC[C@H](O)/C=C/[C@@H]1[C@H](C/C=C\CCCC(=O)[O-])[C@@H](O)C[C@H]1O. The third-order valence-corrected chi connectivity index (χ3v) is 4.90. The first-order valence-corrected chi connectivity index (χ1v) is 9.53. The number of aliphatic carboxylic acids is 1. The van der Waals surface area contributed by atoms with Crippen molar-refractivity contribution < 1.29 is 25.2 Å². The maximum Gasteiger partial charge on any atom is 0.0721 e.